The highest BCUT2D eigenvalue weighted by Gasteiger charge is 2.57. The Morgan fingerprint density at radius 1 is 1.40 bits per heavy atom. The van der Waals surface area contributed by atoms with Crippen molar-refractivity contribution in [2.45, 2.75) is 19.3 Å². The molecule has 3 rings (SSSR count). The Morgan fingerprint density at radius 2 is 2.25 bits per heavy atom. The summed E-state index contributed by atoms with van der Waals surface area (Å²) < 4.78 is 0. The normalized spacial score (nSPS) is 27.8. The SMILES string of the molecule is O=C(O)[C@@H]1[C@@H]2CCN(C(=O)CCc3cccnc3)C[C@@H]21. The number of piperidine rings is 1. The lowest BCUT2D eigenvalue weighted by Crippen LogP contribution is -2.37. The topological polar surface area (TPSA) is 70.5 Å². The maximum atomic E-state index is 12.2. The molecular weight excluding hydrogens is 256 g/mol. The molecule has 0 spiro atoms. The fraction of sp³-hybridized carbons (Fsp3) is 0.533. The van der Waals surface area contributed by atoms with Gasteiger partial charge in [-0.3, -0.25) is 14.6 Å². The van der Waals surface area contributed by atoms with Crippen LogP contribution in [0.15, 0.2) is 24.5 Å². The maximum Gasteiger partial charge on any atom is 0.307 e. The van der Waals surface area contributed by atoms with Crippen LogP contribution in [0.25, 0.3) is 0 Å². The van der Waals surface area contributed by atoms with E-state index in [0.29, 0.717) is 31.8 Å². The summed E-state index contributed by atoms with van der Waals surface area (Å²) in [5, 5.41) is 9.05. The number of carboxylic acids is 1. The predicted molar refractivity (Wildman–Crippen MR) is 71.9 cm³/mol. The van der Waals surface area contributed by atoms with Gasteiger partial charge in [0.1, 0.15) is 0 Å². The molecule has 0 bridgehead atoms. The van der Waals surface area contributed by atoms with E-state index in [9.17, 15) is 9.59 Å². The lowest BCUT2D eigenvalue weighted by molar-refractivity contribution is -0.139. The van der Waals surface area contributed by atoms with Crippen LogP contribution >= 0.6 is 0 Å². The highest BCUT2D eigenvalue weighted by molar-refractivity contribution is 5.78. The molecule has 106 valence electrons. The van der Waals surface area contributed by atoms with Crippen molar-refractivity contribution >= 4 is 11.9 Å². The monoisotopic (exact) mass is 274 g/mol. The Balaban J connectivity index is 1.50. The van der Waals surface area contributed by atoms with Gasteiger partial charge in [-0.25, -0.2) is 0 Å². The minimum absolute atomic E-state index is 0.128. The number of carbonyl (C=O) groups excluding carboxylic acids is 1. The number of carboxylic acid groups (broad SMARTS) is 1. The molecule has 1 aromatic rings. The second kappa shape index (κ2) is 5.23. The third-order valence-corrected chi connectivity index (χ3v) is 4.48. The molecule has 1 aliphatic heterocycles. The molecule has 5 heteroatoms. The van der Waals surface area contributed by atoms with Gasteiger partial charge in [-0.15, -0.1) is 0 Å². The van der Waals surface area contributed by atoms with Gasteiger partial charge in [0, 0.05) is 31.9 Å². The van der Waals surface area contributed by atoms with Crippen LogP contribution in [0.3, 0.4) is 0 Å². The van der Waals surface area contributed by atoms with Crippen LogP contribution in [-0.4, -0.2) is 40.0 Å². The summed E-state index contributed by atoms with van der Waals surface area (Å²) in [6.07, 6.45) is 5.50. The van der Waals surface area contributed by atoms with E-state index in [-0.39, 0.29) is 17.7 Å². The lowest BCUT2D eigenvalue weighted by Gasteiger charge is -2.26. The highest BCUT2D eigenvalue weighted by atomic mass is 16.4. The lowest BCUT2D eigenvalue weighted by atomic mass is 10.1. The van der Waals surface area contributed by atoms with Gasteiger partial charge in [0.05, 0.1) is 5.92 Å². The van der Waals surface area contributed by atoms with Gasteiger partial charge in [-0.05, 0) is 36.3 Å². The van der Waals surface area contributed by atoms with E-state index < -0.39 is 5.97 Å². The van der Waals surface area contributed by atoms with Crippen LogP contribution in [0.2, 0.25) is 0 Å². The fourth-order valence-corrected chi connectivity index (χ4v) is 3.29. The average Bonchev–Trinajstić information content (AvgIpc) is 3.19. The van der Waals surface area contributed by atoms with E-state index in [1.165, 1.54) is 0 Å². The van der Waals surface area contributed by atoms with Crippen molar-refractivity contribution in [2.24, 2.45) is 17.8 Å². The van der Waals surface area contributed by atoms with Gasteiger partial charge >= 0.3 is 5.97 Å². The largest absolute Gasteiger partial charge is 0.481 e. The van der Waals surface area contributed by atoms with E-state index in [1.807, 2.05) is 17.0 Å². The molecule has 1 aliphatic carbocycles. The van der Waals surface area contributed by atoms with Gasteiger partial charge in [0.2, 0.25) is 5.91 Å². The van der Waals surface area contributed by atoms with Crippen molar-refractivity contribution in [1.29, 1.82) is 0 Å². The quantitative estimate of drug-likeness (QED) is 0.895. The van der Waals surface area contributed by atoms with Crippen molar-refractivity contribution < 1.29 is 14.7 Å². The summed E-state index contributed by atoms with van der Waals surface area (Å²) >= 11 is 0. The summed E-state index contributed by atoms with van der Waals surface area (Å²) in [7, 11) is 0. The Kier molecular flexibility index (Phi) is 3.42. The summed E-state index contributed by atoms with van der Waals surface area (Å²) in [6, 6.07) is 3.83. The summed E-state index contributed by atoms with van der Waals surface area (Å²) in [4.78, 5) is 29.0. The minimum Gasteiger partial charge on any atom is -0.481 e. The van der Waals surface area contributed by atoms with E-state index in [2.05, 4.69) is 4.98 Å². The number of amides is 1. The zero-order valence-electron chi connectivity index (χ0n) is 11.2. The molecule has 1 aromatic heterocycles. The standard InChI is InChI=1S/C15H18N2O3/c18-13(4-3-10-2-1-6-16-8-10)17-7-5-11-12(9-17)14(11)15(19)20/h1-2,6,8,11-12,14H,3-5,7,9H2,(H,19,20)/t11-,12+,14-/m1/s1. The van der Waals surface area contributed by atoms with Gasteiger partial charge in [-0.2, -0.15) is 0 Å². The first-order chi connectivity index (χ1) is 9.66. The number of aryl methyl sites for hydroxylation is 1. The number of aromatic nitrogens is 1. The molecule has 0 radical (unpaired) electrons. The smallest absolute Gasteiger partial charge is 0.307 e. The highest BCUT2D eigenvalue weighted by Crippen LogP contribution is 2.51. The Labute approximate surface area is 117 Å². The summed E-state index contributed by atoms with van der Waals surface area (Å²) in [5.74, 6) is -0.308. The molecular formula is C15H18N2O3. The number of fused-ring (bicyclic) bond motifs is 1. The van der Waals surface area contributed by atoms with Gasteiger partial charge in [0.15, 0.2) is 0 Å². The molecule has 1 amide bonds. The number of aliphatic carboxylic acids is 1. The van der Waals surface area contributed by atoms with E-state index in [0.717, 1.165) is 12.0 Å². The first-order valence-electron chi connectivity index (χ1n) is 7.06. The first kappa shape index (κ1) is 13.1. The number of likely N-dealkylation sites (tertiary alicyclic amines) is 1. The molecule has 2 heterocycles. The van der Waals surface area contributed by atoms with Crippen LogP contribution in [0.4, 0.5) is 0 Å². The maximum absolute atomic E-state index is 12.2. The number of carbonyl (C=O) groups is 2. The zero-order valence-corrected chi connectivity index (χ0v) is 11.2. The molecule has 2 aliphatic rings. The molecule has 1 N–H and O–H groups in total. The second-order valence-corrected chi connectivity index (χ2v) is 5.68. The molecule has 1 saturated heterocycles. The molecule has 3 atom stereocenters. The van der Waals surface area contributed by atoms with Crippen LogP contribution in [0.1, 0.15) is 18.4 Å². The number of nitrogens with zero attached hydrogens (tertiary/aromatic N) is 2. The van der Waals surface area contributed by atoms with Crippen molar-refractivity contribution in [3.05, 3.63) is 30.1 Å². The molecule has 20 heavy (non-hydrogen) atoms. The molecule has 1 saturated carbocycles. The minimum atomic E-state index is -0.704. The third kappa shape index (κ3) is 2.53. The fourth-order valence-electron chi connectivity index (χ4n) is 3.29. The van der Waals surface area contributed by atoms with Crippen molar-refractivity contribution in [2.75, 3.05) is 13.1 Å². The van der Waals surface area contributed by atoms with Crippen molar-refractivity contribution in [3.63, 3.8) is 0 Å². The number of hydrogen-bond acceptors (Lipinski definition) is 3. The third-order valence-electron chi connectivity index (χ3n) is 4.48. The number of hydrogen-bond donors (Lipinski definition) is 1. The van der Waals surface area contributed by atoms with Crippen LogP contribution < -0.4 is 0 Å². The van der Waals surface area contributed by atoms with Gasteiger partial charge in [0.25, 0.3) is 0 Å². The van der Waals surface area contributed by atoms with E-state index in [4.69, 9.17) is 5.11 Å². The molecule has 0 aromatic carbocycles. The zero-order chi connectivity index (χ0) is 14.1. The summed E-state index contributed by atoms with van der Waals surface area (Å²) in [6.45, 7) is 1.32. The molecule has 0 unspecified atom stereocenters. The molecule has 5 nitrogen and oxygen atoms in total. The average molecular weight is 274 g/mol. The summed E-state index contributed by atoms with van der Waals surface area (Å²) in [5.41, 5.74) is 1.06. The van der Waals surface area contributed by atoms with Crippen molar-refractivity contribution in [3.8, 4) is 0 Å². The van der Waals surface area contributed by atoms with E-state index in [1.54, 1.807) is 12.4 Å². The molecule has 2 fully saturated rings. The van der Waals surface area contributed by atoms with Crippen molar-refractivity contribution in [1.82, 2.24) is 9.88 Å². The van der Waals surface area contributed by atoms with Crippen LogP contribution in [0.5, 0.6) is 0 Å². The van der Waals surface area contributed by atoms with Crippen LogP contribution in [-0.2, 0) is 16.0 Å². The van der Waals surface area contributed by atoms with Crippen LogP contribution in [0, 0.1) is 17.8 Å². The Bertz CT molecular complexity index is 517. The number of rotatable bonds is 4. The van der Waals surface area contributed by atoms with E-state index >= 15 is 0 Å². The Hall–Kier alpha value is -1.91. The number of pyridine rings is 1. The first-order valence-corrected chi connectivity index (χ1v) is 7.06. The Morgan fingerprint density at radius 3 is 2.95 bits per heavy atom. The predicted octanol–water partition coefficient (Wildman–Crippen LogP) is 1.19. The van der Waals surface area contributed by atoms with Gasteiger partial charge < -0.3 is 10.0 Å². The second-order valence-electron chi connectivity index (χ2n) is 5.68. The van der Waals surface area contributed by atoms with Gasteiger partial charge in [-0.1, -0.05) is 6.07 Å².